The van der Waals surface area contributed by atoms with Crippen LogP contribution in [0.2, 0.25) is 0 Å². The Morgan fingerprint density at radius 3 is 2.17 bits per heavy atom. The molecule has 1 heterocycles. The van der Waals surface area contributed by atoms with Gasteiger partial charge in [0.1, 0.15) is 0 Å². The maximum absolute atomic E-state index is 4.93. The maximum atomic E-state index is 4.93. The van der Waals surface area contributed by atoms with Gasteiger partial charge in [0.15, 0.2) is 5.17 Å². The number of rotatable bonds is 1. The Morgan fingerprint density at radius 1 is 1.17 bits per heavy atom. The molecular weight excluding hydrogens is 240 g/mol. The van der Waals surface area contributed by atoms with E-state index in [1.54, 1.807) is 0 Å². The summed E-state index contributed by atoms with van der Waals surface area (Å²) in [7, 11) is 0. The fourth-order valence-electron chi connectivity index (χ4n) is 2.90. The molecule has 1 N–H and O–H groups in total. The summed E-state index contributed by atoms with van der Waals surface area (Å²) in [6.07, 6.45) is 1.21. The topological polar surface area (TPSA) is 24.4 Å². The van der Waals surface area contributed by atoms with Gasteiger partial charge >= 0.3 is 0 Å². The zero-order chi connectivity index (χ0) is 13.8. The summed E-state index contributed by atoms with van der Waals surface area (Å²) >= 11 is 1.89. The lowest BCUT2D eigenvalue weighted by atomic mass is 9.85. The first-order valence-corrected chi connectivity index (χ1v) is 8.02. The lowest BCUT2D eigenvalue weighted by molar-refractivity contribution is 0.315. The zero-order valence-electron chi connectivity index (χ0n) is 12.9. The summed E-state index contributed by atoms with van der Waals surface area (Å²) in [4.78, 5) is 4.93. The second-order valence-electron chi connectivity index (χ2n) is 7.97. The highest BCUT2D eigenvalue weighted by atomic mass is 32.2. The molecule has 0 amide bonds. The Balaban J connectivity index is 2.05. The summed E-state index contributed by atoms with van der Waals surface area (Å²) in [5.74, 6) is 1.20. The quantitative estimate of drug-likeness (QED) is 0.779. The van der Waals surface area contributed by atoms with Gasteiger partial charge in [-0.25, -0.2) is 0 Å². The molecule has 0 radical (unpaired) electrons. The van der Waals surface area contributed by atoms with Crippen LogP contribution in [-0.2, 0) is 0 Å². The molecule has 2 rings (SSSR count). The van der Waals surface area contributed by atoms with Crippen LogP contribution in [0.15, 0.2) is 4.99 Å². The van der Waals surface area contributed by atoms with Crippen LogP contribution in [0.5, 0.6) is 0 Å². The minimum Gasteiger partial charge on any atom is -0.361 e. The van der Waals surface area contributed by atoms with E-state index < -0.39 is 0 Å². The third-order valence-electron chi connectivity index (χ3n) is 5.19. The van der Waals surface area contributed by atoms with Gasteiger partial charge in [0.25, 0.3) is 0 Å². The molecule has 0 saturated heterocycles. The Kier molecular flexibility index (Phi) is 3.29. The van der Waals surface area contributed by atoms with Crippen LogP contribution >= 0.6 is 11.8 Å². The van der Waals surface area contributed by atoms with E-state index in [1.807, 2.05) is 11.8 Å². The van der Waals surface area contributed by atoms with Gasteiger partial charge in [-0.2, -0.15) is 0 Å². The lowest BCUT2D eigenvalue weighted by Gasteiger charge is -2.31. The minimum absolute atomic E-state index is 0.280. The van der Waals surface area contributed by atoms with E-state index in [2.05, 4.69) is 53.8 Å². The molecule has 1 unspecified atom stereocenters. The number of amidine groups is 1. The van der Waals surface area contributed by atoms with Gasteiger partial charge in [-0.1, -0.05) is 60.2 Å². The summed E-state index contributed by atoms with van der Waals surface area (Å²) in [6.45, 7) is 16.3. The molecule has 18 heavy (non-hydrogen) atoms. The monoisotopic (exact) mass is 268 g/mol. The molecule has 0 spiro atoms. The van der Waals surface area contributed by atoms with Crippen molar-refractivity contribution in [2.24, 2.45) is 21.2 Å². The van der Waals surface area contributed by atoms with Crippen LogP contribution in [0.1, 0.15) is 54.9 Å². The average Bonchev–Trinajstić information content (AvgIpc) is 2.60. The van der Waals surface area contributed by atoms with Crippen molar-refractivity contribution >= 4 is 16.9 Å². The fraction of sp³-hybridized carbons (Fsp3) is 0.933. The molecule has 2 aliphatic rings. The van der Waals surface area contributed by atoms with E-state index in [-0.39, 0.29) is 5.41 Å². The largest absolute Gasteiger partial charge is 0.361 e. The molecule has 1 aliphatic carbocycles. The molecule has 0 aromatic carbocycles. The third kappa shape index (κ3) is 2.31. The number of aliphatic imine (C=N–C) groups is 1. The van der Waals surface area contributed by atoms with Crippen LogP contribution in [0.25, 0.3) is 0 Å². The second kappa shape index (κ2) is 4.16. The van der Waals surface area contributed by atoms with E-state index in [9.17, 15) is 0 Å². The van der Waals surface area contributed by atoms with E-state index in [0.29, 0.717) is 22.9 Å². The molecule has 2 nitrogen and oxygen atoms in total. The highest BCUT2D eigenvalue weighted by Crippen LogP contribution is 2.62. The van der Waals surface area contributed by atoms with Crippen molar-refractivity contribution in [1.82, 2.24) is 5.32 Å². The van der Waals surface area contributed by atoms with E-state index in [4.69, 9.17) is 4.99 Å². The van der Waals surface area contributed by atoms with Gasteiger partial charge in [-0.3, -0.25) is 4.99 Å². The SMILES string of the molecule is CC(C)(C)C1CCSC(NC2C(C)(C)C2(C)C)=N1. The Morgan fingerprint density at radius 2 is 1.72 bits per heavy atom. The van der Waals surface area contributed by atoms with Crippen molar-refractivity contribution in [3.63, 3.8) is 0 Å². The van der Waals surface area contributed by atoms with Crippen molar-refractivity contribution in [2.45, 2.75) is 67.0 Å². The van der Waals surface area contributed by atoms with E-state index >= 15 is 0 Å². The van der Waals surface area contributed by atoms with Gasteiger partial charge < -0.3 is 5.32 Å². The van der Waals surface area contributed by atoms with Crippen LogP contribution in [0.3, 0.4) is 0 Å². The number of nitrogens with zero attached hydrogens (tertiary/aromatic N) is 1. The number of hydrogen-bond acceptors (Lipinski definition) is 3. The summed E-state index contributed by atoms with van der Waals surface area (Å²) in [6, 6.07) is 1.03. The molecule has 1 atom stereocenters. The molecule has 0 aromatic heterocycles. The van der Waals surface area contributed by atoms with Crippen LogP contribution < -0.4 is 5.32 Å². The van der Waals surface area contributed by atoms with Crippen molar-refractivity contribution in [3.05, 3.63) is 0 Å². The average molecular weight is 268 g/mol. The van der Waals surface area contributed by atoms with Crippen molar-refractivity contribution in [2.75, 3.05) is 5.75 Å². The van der Waals surface area contributed by atoms with E-state index in [1.165, 1.54) is 17.3 Å². The highest BCUT2D eigenvalue weighted by molar-refractivity contribution is 8.13. The predicted octanol–water partition coefficient (Wildman–Crippen LogP) is 3.92. The molecule has 3 heteroatoms. The first kappa shape index (κ1) is 14.2. The van der Waals surface area contributed by atoms with Crippen LogP contribution in [0, 0.1) is 16.2 Å². The normalized spacial score (nSPS) is 30.8. The smallest absolute Gasteiger partial charge is 0.157 e. The molecule has 1 aliphatic heterocycles. The van der Waals surface area contributed by atoms with Crippen LogP contribution in [-0.4, -0.2) is 23.0 Å². The number of thioether (sulfide) groups is 1. The molecular formula is C15H28N2S. The predicted molar refractivity (Wildman–Crippen MR) is 82.2 cm³/mol. The van der Waals surface area contributed by atoms with Crippen LogP contribution in [0.4, 0.5) is 0 Å². The van der Waals surface area contributed by atoms with Crippen molar-refractivity contribution in [1.29, 1.82) is 0 Å². The molecule has 0 bridgehead atoms. The second-order valence-corrected chi connectivity index (χ2v) is 9.06. The molecule has 104 valence electrons. The Bertz CT molecular complexity index is 349. The number of nitrogens with one attached hydrogen (secondary N) is 1. The number of hydrogen-bond donors (Lipinski definition) is 1. The summed E-state index contributed by atoms with van der Waals surface area (Å²) in [5, 5.41) is 4.86. The van der Waals surface area contributed by atoms with Gasteiger partial charge in [0.2, 0.25) is 0 Å². The molecule has 0 aromatic rings. The van der Waals surface area contributed by atoms with Gasteiger partial charge in [-0.05, 0) is 22.7 Å². The van der Waals surface area contributed by atoms with Gasteiger partial charge in [0.05, 0.1) is 6.04 Å². The zero-order valence-corrected chi connectivity index (χ0v) is 13.7. The maximum Gasteiger partial charge on any atom is 0.157 e. The first-order chi connectivity index (χ1) is 8.07. The fourth-order valence-corrected chi connectivity index (χ4v) is 3.83. The highest BCUT2D eigenvalue weighted by Gasteiger charge is 2.65. The summed E-state index contributed by atoms with van der Waals surface area (Å²) in [5.41, 5.74) is 1.04. The van der Waals surface area contributed by atoms with E-state index in [0.717, 1.165) is 0 Å². The molecule has 1 saturated carbocycles. The Hall–Kier alpha value is -0.180. The first-order valence-electron chi connectivity index (χ1n) is 7.04. The van der Waals surface area contributed by atoms with Gasteiger partial charge in [-0.15, -0.1) is 0 Å². The standard InChI is InChI=1S/C15H28N2S/c1-13(2,3)10-8-9-18-12(16-10)17-11-14(4,5)15(11,6)7/h10-11H,8-9H2,1-7H3,(H,16,17). The van der Waals surface area contributed by atoms with Gasteiger partial charge in [0, 0.05) is 11.8 Å². The minimum atomic E-state index is 0.280. The molecule has 1 fully saturated rings. The third-order valence-corrected chi connectivity index (χ3v) is 6.13. The van der Waals surface area contributed by atoms with Crippen molar-refractivity contribution in [3.8, 4) is 0 Å². The lowest BCUT2D eigenvalue weighted by Crippen LogP contribution is -2.35. The van der Waals surface area contributed by atoms with Crippen molar-refractivity contribution < 1.29 is 0 Å². The summed E-state index contributed by atoms with van der Waals surface area (Å²) < 4.78 is 0. The Labute approximate surface area is 116 Å².